The van der Waals surface area contributed by atoms with E-state index in [2.05, 4.69) is 5.32 Å². The average molecular weight is 174 g/mol. The quantitative estimate of drug-likeness (QED) is 0.481. The highest BCUT2D eigenvalue weighted by atomic mass is 16.4. The topological polar surface area (TPSA) is 75.3 Å². The number of rotatable bonds is 7. The first kappa shape index (κ1) is 11.4. The Labute approximate surface area is 73.1 Å². The van der Waals surface area contributed by atoms with Gasteiger partial charge in [0.05, 0.1) is 0 Å². The van der Waals surface area contributed by atoms with E-state index >= 15 is 0 Å². The van der Waals surface area contributed by atoms with Crippen molar-refractivity contribution >= 4 is 5.97 Å². The molecule has 0 fully saturated rings. The lowest BCUT2D eigenvalue weighted by Gasteiger charge is -2.11. The Kier molecular flexibility index (Phi) is 6.70. The van der Waals surface area contributed by atoms with E-state index in [0.29, 0.717) is 19.0 Å². The maximum absolute atomic E-state index is 10.1. The van der Waals surface area contributed by atoms with Gasteiger partial charge >= 0.3 is 5.97 Å². The van der Waals surface area contributed by atoms with Crippen LogP contribution in [0.5, 0.6) is 0 Å². The van der Waals surface area contributed by atoms with E-state index in [1.807, 2.05) is 6.92 Å². The summed E-state index contributed by atoms with van der Waals surface area (Å²) in [6, 6.07) is 0.392. The summed E-state index contributed by atoms with van der Waals surface area (Å²) in [7, 11) is 0. The predicted molar refractivity (Wildman–Crippen MR) is 48.0 cm³/mol. The van der Waals surface area contributed by atoms with Crippen LogP contribution < -0.4 is 11.1 Å². The Bertz CT molecular complexity index is 128. The van der Waals surface area contributed by atoms with Crippen LogP contribution in [-0.2, 0) is 4.79 Å². The molecule has 1 atom stereocenters. The van der Waals surface area contributed by atoms with Crippen molar-refractivity contribution in [1.82, 2.24) is 5.32 Å². The molecule has 0 rings (SSSR count). The van der Waals surface area contributed by atoms with E-state index in [-0.39, 0.29) is 6.42 Å². The fourth-order valence-electron chi connectivity index (χ4n) is 0.940. The molecular weight excluding hydrogens is 156 g/mol. The first-order chi connectivity index (χ1) is 5.66. The molecule has 4 nitrogen and oxygen atoms in total. The van der Waals surface area contributed by atoms with Gasteiger partial charge in [-0.15, -0.1) is 0 Å². The monoisotopic (exact) mass is 174 g/mol. The number of hydrogen-bond donors (Lipinski definition) is 3. The van der Waals surface area contributed by atoms with Gasteiger partial charge in [-0.3, -0.25) is 4.79 Å². The summed E-state index contributed by atoms with van der Waals surface area (Å²) in [4.78, 5) is 10.1. The van der Waals surface area contributed by atoms with Crippen molar-refractivity contribution < 1.29 is 9.90 Å². The summed E-state index contributed by atoms with van der Waals surface area (Å²) < 4.78 is 0. The molecule has 0 amide bonds. The van der Waals surface area contributed by atoms with Crippen LogP contribution in [0.15, 0.2) is 0 Å². The molecule has 0 aromatic heterocycles. The maximum Gasteiger partial charge on any atom is 0.303 e. The van der Waals surface area contributed by atoms with Crippen LogP contribution in [0.1, 0.15) is 26.2 Å². The molecule has 4 heteroatoms. The fourth-order valence-corrected chi connectivity index (χ4v) is 0.940. The zero-order chi connectivity index (χ0) is 9.40. The Morgan fingerprint density at radius 2 is 2.33 bits per heavy atom. The molecule has 0 aromatic rings. The highest BCUT2D eigenvalue weighted by Gasteiger charge is 2.00. The second-order valence-electron chi connectivity index (χ2n) is 2.93. The van der Waals surface area contributed by atoms with E-state index in [0.717, 1.165) is 13.0 Å². The third-order valence-electron chi connectivity index (χ3n) is 1.66. The number of carboxylic acids is 1. The minimum atomic E-state index is -0.733. The first-order valence-corrected chi connectivity index (χ1v) is 4.32. The maximum atomic E-state index is 10.1. The molecule has 12 heavy (non-hydrogen) atoms. The number of aliphatic carboxylic acids is 1. The van der Waals surface area contributed by atoms with Crippen LogP contribution in [0.4, 0.5) is 0 Å². The first-order valence-electron chi connectivity index (χ1n) is 4.32. The van der Waals surface area contributed by atoms with Crippen LogP contribution in [0, 0.1) is 0 Å². The van der Waals surface area contributed by atoms with Crippen LogP contribution in [0.2, 0.25) is 0 Å². The fraction of sp³-hybridized carbons (Fsp3) is 0.875. The highest BCUT2D eigenvalue weighted by Crippen LogP contribution is 1.90. The van der Waals surface area contributed by atoms with Crippen molar-refractivity contribution in [1.29, 1.82) is 0 Å². The third kappa shape index (κ3) is 7.50. The average Bonchev–Trinajstić information content (AvgIpc) is 1.98. The van der Waals surface area contributed by atoms with Gasteiger partial charge in [-0.2, -0.15) is 0 Å². The molecule has 0 aliphatic rings. The van der Waals surface area contributed by atoms with Crippen molar-refractivity contribution in [2.75, 3.05) is 13.1 Å². The molecule has 0 aliphatic heterocycles. The van der Waals surface area contributed by atoms with Gasteiger partial charge in [0.1, 0.15) is 0 Å². The van der Waals surface area contributed by atoms with Gasteiger partial charge < -0.3 is 16.2 Å². The van der Waals surface area contributed by atoms with Crippen LogP contribution in [-0.4, -0.2) is 30.2 Å². The summed E-state index contributed by atoms with van der Waals surface area (Å²) in [5.74, 6) is -0.733. The molecule has 0 heterocycles. The van der Waals surface area contributed by atoms with Crippen LogP contribution in [0.3, 0.4) is 0 Å². The highest BCUT2D eigenvalue weighted by molar-refractivity contribution is 5.66. The minimum Gasteiger partial charge on any atom is -0.481 e. The smallest absolute Gasteiger partial charge is 0.303 e. The van der Waals surface area contributed by atoms with E-state index in [1.54, 1.807) is 0 Å². The lowest BCUT2D eigenvalue weighted by molar-refractivity contribution is -0.137. The summed E-state index contributed by atoms with van der Waals surface area (Å²) in [6.45, 7) is 3.48. The zero-order valence-corrected chi connectivity index (χ0v) is 7.55. The summed E-state index contributed by atoms with van der Waals surface area (Å²) in [5.41, 5.74) is 5.35. The Hall–Kier alpha value is -0.610. The van der Waals surface area contributed by atoms with Gasteiger partial charge in [-0.25, -0.2) is 0 Å². The molecule has 0 aromatic carbocycles. The molecule has 0 spiro atoms. The van der Waals surface area contributed by atoms with Crippen molar-refractivity contribution in [2.45, 2.75) is 32.2 Å². The SMILES string of the molecule is CC(CCN)NCCCC(=O)O. The van der Waals surface area contributed by atoms with E-state index in [1.165, 1.54) is 0 Å². The van der Waals surface area contributed by atoms with Crippen molar-refractivity contribution in [3.05, 3.63) is 0 Å². The van der Waals surface area contributed by atoms with Crippen molar-refractivity contribution in [2.24, 2.45) is 5.73 Å². The normalized spacial score (nSPS) is 12.8. The van der Waals surface area contributed by atoms with E-state index in [9.17, 15) is 4.79 Å². The molecule has 0 saturated heterocycles. The second kappa shape index (κ2) is 7.06. The Morgan fingerprint density at radius 3 is 2.83 bits per heavy atom. The Balaban J connectivity index is 3.13. The molecule has 0 saturated carbocycles. The minimum absolute atomic E-state index is 0.238. The van der Waals surface area contributed by atoms with Gasteiger partial charge in [0.15, 0.2) is 0 Å². The molecule has 0 bridgehead atoms. The van der Waals surface area contributed by atoms with Crippen molar-refractivity contribution in [3.8, 4) is 0 Å². The molecule has 1 unspecified atom stereocenters. The largest absolute Gasteiger partial charge is 0.481 e. The number of nitrogens with one attached hydrogen (secondary N) is 1. The van der Waals surface area contributed by atoms with Crippen LogP contribution >= 0.6 is 0 Å². The molecular formula is C8H18N2O2. The second-order valence-corrected chi connectivity index (χ2v) is 2.93. The Morgan fingerprint density at radius 1 is 1.67 bits per heavy atom. The lowest BCUT2D eigenvalue weighted by Crippen LogP contribution is -2.29. The number of carboxylic acid groups (broad SMARTS) is 1. The predicted octanol–water partition coefficient (Wildman–Crippen LogP) is 0.178. The zero-order valence-electron chi connectivity index (χ0n) is 7.55. The molecule has 72 valence electrons. The lowest BCUT2D eigenvalue weighted by atomic mass is 10.2. The number of hydrogen-bond acceptors (Lipinski definition) is 3. The number of nitrogens with two attached hydrogens (primary N) is 1. The van der Waals surface area contributed by atoms with Crippen molar-refractivity contribution in [3.63, 3.8) is 0 Å². The summed E-state index contributed by atoms with van der Waals surface area (Å²) in [6.07, 6.45) is 1.86. The van der Waals surface area contributed by atoms with E-state index in [4.69, 9.17) is 10.8 Å². The summed E-state index contributed by atoms with van der Waals surface area (Å²) >= 11 is 0. The molecule has 0 aliphatic carbocycles. The third-order valence-corrected chi connectivity index (χ3v) is 1.66. The molecule has 0 radical (unpaired) electrons. The molecule has 4 N–H and O–H groups in total. The van der Waals surface area contributed by atoms with Gasteiger partial charge in [0.25, 0.3) is 0 Å². The van der Waals surface area contributed by atoms with Gasteiger partial charge in [-0.1, -0.05) is 0 Å². The summed E-state index contributed by atoms with van der Waals surface area (Å²) in [5, 5.41) is 11.5. The van der Waals surface area contributed by atoms with Gasteiger partial charge in [0, 0.05) is 12.5 Å². The standard InChI is InChI=1S/C8H18N2O2/c1-7(4-5-9)10-6-2-3-8(11)12/h7,10H,2-6,9H2,1H3,(H,11,12). The van der Waals surface area contributed by atoms with E-state index < -0.39 is 5.97 Å². The van der Waals surface area contributed by atoms with Crippen LogP contribution in [0.25, 0.3) is 0 Å². The number of carbonyl (C=O) groups is 1. The van der Waals surface area contributed by atoms with Gasteiger partial charge in [-0.05, 0) is 32.9 Å². The van der Waals surface area contributed by atoms with Gasteiger partial charge in [0.2, 0.25) is 0 Å².